The highest BCUT2D eigenvalue weighted by molar-refractivity contribution is 6.35. The number of fused-ring (bicyclic) bond motifs is 1. The van der Waals surface area contributed by atoms with Crippen LogP contribution in [0.4, 0.5) is 0 Å². The van der Waals surface area contributed by atoms with Gasteiger partial charge in [0, 0.05) is 35.3 Å². The molecule has 0 radical (unpaired) electrons. The van der Waals surface area contributed by atoms with Crippen LogP contribution < -0.4 is 0 Å². The van der Waals surface area contributed by atoms with Gasteiger partial charge in [0.05, 0.1) is 11.2 Å². The molecule has 0 N–H and O–H groups in total. The van der Waals surface area contributed by atoms with Gasteiger partial charge in [-0.15, -0.1) is 0 Å². The van der Waals surface area contributed by atoms with Crippen molar-refractivity contribution >= 4 is 22.5 Å². The zero-order chi connectivity index (χ0) is 15.7. The van der Waals surface area contributed by atoms with Crippen LogP contribution in [0.15, 0.2) is 35.0 Å². The van der Waals surface area contributed by atoms with Crippen molar-refractivity contribution < 1.29 is 4.52 Å². The molecule has 0 unspecified atom stereocenters. The molecule has 2 heterocycles. The molecule has 0 bridgehead atoms. The summed E-state index contributed by atoms with van der Waals surface area (Å²) in [4.78, 5) is 6.71. The van der Waals surface area contributed by atoms with Gasteiger partial charge in [-0.1, -0.05) is 22.8 Å². The van der Waals surface area contributed by atoms with Crippen LogP contribution in [0.5, 0.6) is 0 Å². The molecule has 0 amide bonds. The van der Waals surface area contributed by atoms with Crippen molar-refractivity contribution in [3.05, 3.63) is 58.1 Å². The molecule has 0 aliphatic carbocycles. The van der Waals surface area contributed by atoms with Crippen LogP contribution >= 0.6 is 11.6 Å². The summed E-state index contributed by atoms with van der Waals surface area (Å²) in [7, 11) is 2.08. The van der Waals surface area contributed by atoms with Gasteiger partial charge in [0.15, 0.2) is 0 Å². The lowest BCUT2D eigenvalue weighted by Gasteiger charge is -2.17. The van der Waals surface area contributed by atoms with Crippen LogP contribution in [0.1, 0.15) is 22.6 Å². The molecule has 3 rings (SSSR count). The topological polar surface area (TPSA) is 42.2 Å². The van der Waals surface area contributed by atoms with E-state index in [9.17, 15) is 0 Å². The maximum Gasteiger partial charge on any atom is 0.138 e. The van der Waals surface area contributed by atoms with E-state index in [-0.39, 0.29) is 0 Å². The van der Waals surface area contributed by atoms with Crippen molar-refractivity contribution in [1.29, 1.82) is 0 Å². The van der Waals surface area contributed by atoms with Gasteiger partial charge in [0.2, 0.25) is 0 Å². The largest absolute Gasteiger partial charge is 0.361 e. The van der Waals surface area contributed by atoms with E-state index in [2.05, 4.69) is 22.1 Å². The smallest absolute Gasteiger partial charge is 0.138 e. The monoisotopic (exact) mass is 315 g/mol. The fourth-order valence-corrected chi connectivity index (χ4v) is 2.88. The van der Waals surface area contributed by atoms with Gasteiger partial charge in [-0.3, -0.25) is 9.88 Å². The van der Waals surface area contributed by atoms with E-state index in [0.717, 1.165) is 51.6 Å². The highest BCUT2D eigenvalue weighted by Gasteiger charge is 2.13. The Morgan fingerprint density at radius 1 is 1.18 bits per heavy atom. The summed E-state index contributed by atoms with van der Waals surface area (Å²) in [5.74, 6) is 0.878. The zero-order valence-electron chi connectivity index (χ0n) is 12.9. The van der Waals surface area contributed by atoms with E-state index in [1.165, 1.54) is 0 Å². The number of hydrogen-bond donors (Lipinski definition) is 0. The quantitative estimate of drug-likeness (QED) is 0.726. The fourth-order valence-electron chi connectivity index (χ4n) is 2.67. The second kappa shape index (κ2) is 6.07. The molecule has 5 heteroatoms. The van der Waals surface area contributed by atoms with Crippen molar-refractivity contribution in [2.45, 2.75) is 26.9 Å². The van der Waals surface area contributed by atoms with Gasteiger partial charge in [0.1, 0.15) is 5.76 Å². The van der Waals surface area contributed by atoms with Crippen LogP contribution in [-0.2, 0) is 13.1 Å². The van der Waals surface area contributed by atoms with Crippen molar-refractivity contribution in [2.24, 2.45) is 0 Å². The average Bonchev–Trinajstić information content (AvgIpc) is 2.82. The van der Waals surface area contributed by atoms with E-state index in [4.69, 9.17) is 16.1 Å². The molecule has 0 saturated heterocycles. The first-order valence-electron chi connectivity index (χ1n) is 7.18. The first kappa shape index (κ1) is 15.0. The normalized spacial score (nSPS) is 11.5. The van der Waals surface area contributed by atoms with Gasteiger partial charge in [-0.05, 0) is 44.7 Å². The van der Waals surface area contributed by atoms with E-state index < -0.39 is 0 Å². The van der Waals surface area contributed by atoms with Gasteiger partial charge in [-0.2, -0.15) is 0 Å². The first-order valence-corrected chi connectivity index (χ1v) is 7.56. The maximum atomic E-state index is 6.25. The number of nitrogens with zero attached hydrogens (tertiary/aromatic N) is 3. The van der Waals surface area contributed by atoms with Gasteiger partial charge in [-0.25, -0.2) is 0 Å². The molecule has 2 aromatic heterocycles. The van der Waals surface area contributed by atoms with E-state index in [1.807, 2.05) is 38.1 Å². The SMILES string of the molecule is Cc1noc(C)c1CN(C)Cc1ccc(Cl)c2cccnc12. The number of halogens is 1. The number of benzene rings is 1. The van der Waals surface area contributed by atoms with Crippen LogP contribution in [0.25, 0.3) is 10.9 Å². The Morgan fingerprint density at radius 2 is 2.00 bits per heavy atom. The molecule has 4 nitrogen and oxygen atoms in total. The molecule has 114 valence electrons. The summed E-state index contributed by atoms with van der Waals surface area (Å²) in [5, 5.41) is 5.74. The van der Waals surface area contributed by atoms with E-state index >= 15 is 0 Å². The van der Waals surface area contributed by atoms with Crippen LogP contribution in [0.2, 0.25) is 5.02 Å². The molecule has 1 aromatic carbocycles. The number of aromatic nitrogens is 2. The Labute approximate surface area is 134 Å². The number of aryl methyl sites for hydroxylation is 2. The molecule has 3 aromatic rings. The summed E-state index contributed by atoms with van der Waals surface area (Å²) in [6.07, 6.45) is 1.80. The Hall–Kier alpha value is -1.91. The summed E-state index contributed by atoms with van der Waals surface area (Å²) in [6.45, 7) is 5.49. The Bertz CT molecular complexity index is 793. The number of hydrogen-bond acceptors (Lipinski definition) is 4. The lowest BCUT2D eigenvalue weighted by Crippen LogP contribution is -2.18. The van der Waals surface area contributed by atoms with Crippen LogP contribution in [0.3, 0.4) is 0 Å². The third-order valence-electron chi connectivity index (χ3n) is 3.85. The third-order valence-corrected chi connectivity index (χ3v) is 4.18. The molecular formula is C17H18ClN3O. The van der Waals surface area contributed by atoms with E-state index in [1.54, 1.807) is 6.20 Å². The Morgan fingerprint density at radius 3 is 2.73 bits per heavy atom. The maximum absolute atomic E-state index is 6.25. The molecule has 0 saturated carbocycles. The van der Waals surface area contributed by atoms with Gasteiger partial charge in [0.25, 0.3) is 0 Å². The Kier molecular flexibility index (Phi) is 4.14. The molecule has 0 aliphatic rings. The summed E-state index contributed by atoms with van der Waals surface area (Å²) in [5.41, 5.74) is 4.21. The van der Waals surface area contributed by atoms with Crippen molar-refractivity contribution in [2.75, 3.05) is 7.05 Å². The highest BCUT2D eigenvalue weighted by Crippen LogP contribution is 2.26. The van der Waals surface area contributed by atoms with Crippen molar-refractivity contribution in [3.8, 4) is 0 Å². The first-order chi connectivity index (χ1) is 10.6. The minimum absolute atomic E-state index is 0.736. The van der Waals surface area contributed by atoms with E-state index in [0.29, 0.717) is 0 Å². The standard InChI is InChI=1S/C17H18ClN3O/c1-11-15(12(2)22-20-11)10-21(3)9-13-6-7-16(18)14-5-4-8-19-17(13)14/h4-8H,9-10H2,1-3H3. The fraction of sp³-hybridized carbons (Fsp3) is 0.294. The average molecular weight is 316 g/mol. The third kappa shape index (κ3) is 2.85. The lowest BCUT2D eigenvalue weighted by molar-refractivity contribution is 0.316. The molecule has 0 fully saturated rings. The van der Waals surface area contributed by atoms with Crippen LogP contribution in [0, 0.1) is 13.8 Å². The van der Waals surface area contributed by atoms with Crippen LogP contribution in [-0.4, -0.2) is 22.1 Å². The second-order valence-electron chi connectivity index (χ2n) is 5.58. The second-order valence-corrected chi connectivity index (χ2v) is 5.99. The predicted molar refractivity (Wildman–Crippen MR) is 87.9 cm³/mol. The molecular weight excluding hydrogens is 298 g/mol. The minimum atomic E-state index is 0.736. The molecule has 0 atom stereocenters. The van der Waals surface area contributed by atoms with Crippen molar-refractivity contribution in [1.82, 2.24) is 15.0 Å². The minimum Gasteiger partial charge on any atom is -0.361 e. The molecule has 22 heavy (non-hydrogen) atoms. The Balaban J connectivity index is 1.86. The zero-order valence-corrected chi connectivity index (χ0v) is 13.7. The molecule has 0 aliphatic heterocycles. The summed E-state index contributed by atoms with van der Waals surface area (Å²) in [6, 6.07) is 7.89. The number of rotatable bonds is 4. The predicted octanol–water partition coefficient (Wildman–Crippen LogP) is 4.13. The van der Waals surface area contributed by atoms with Gasteiger partial charge >= 0.3 is 0 Å². The lowest BCUT2D eigenvalue weighted by atomic mass is 10.1. The summed E-state index contributed by atoms with van der Waals surface area (Å²) < 4.78 is 5.23. The van der Waals surface area contributed by atoms with Crippen molar-refractivity contribution in [3.63, 3.8) is 0 Å². The highest BCUT2D eigenvalue weighted by atomic mass is 35.5. The van der Waals surface area contributed by atoms with Gasteiger partial charge < -0.3 is 4.52 Å². The summed E-state index contributed by atoms with van der Waals surface area (Å²) >= 11 is 6.25. The molecule has 0 spiro atoms. The number of pyridine rings is 1.